The van der Waals surface area contributed by atoms with Crippen LogP contribution in [-0.4, -0.2) is 32.9 Å². The predicted molar refractivity (Wildman–Crippen MR) is 34.1 cm³/mol. The molecule has 0 heterocycles. The molecule has 5 nitrogen and oxygen atoms in total. The van der Waals surface area contributed by atoms with Crippen molar-refractivity contribution < 1.29 is 126 Å². The van der Waals surface area contributed by atoms with E-state index in [0.717, 1.165) is 0 Å². The molecule has 0 aliphatic rings. The van der Waals surface area contributed by atoms with Crippen molar-refractivity contribution in [2.24, 2.45) is 0 Å². The first kappa shape index (κ1) is 277. The van der Waals surface area contributed by atoms with E-state index in [1.807, 2.05) is 0 Å². The van der Waals surface area contributed by atoms with Crippen LogP contribution in [0.5, 0.6) is 0 Å². The van der Waals surface area contributed by atoms with Crippen molar-refractivity contribution in [3.05, 3.63) is 30.8 Å². The third kappa shape index (κ3) is 194. The summed E-state index contributed by atoms with van der Waals surface area (Å²) in [6.45, 7) is 0. The zero-order valence-corrected chi connectivity index (χ0v) is 24.0. The first-order chi connectivity index (χ1) is 0. The van der Waals surface area contributed by atoms with Gasteiger partial charge in [0.25, 0.3) is 0 Å². The van der Waals surface area contributed by atoms with Gasteiger partial charge in [-0.05, 0) is 0 Å². The Balaban J connectivity index is 0. The molecule has 0 aromatic heterocycles. The molecular formula is N5Ru3Si3Ta3. The van der Waals surface area contributed by atoms with Gasteiger partial charge in [-0.2, -0.15) is 0 Å². The van der Waals surface area contributed by atoms with E-state index < -0.39 is 0 Å². The van der Waals surface area contributed by atoms with Gasteiger partial charge in [0.2, 0.25) is 0 Å². The SMILES string of the molecule is [N-3].[N-3].[N-3].[N-3].[N-3].[Ru].[Ru].[Ru].[Si].[Si].[Si].[Ta+5].[Ta+5].[Ta+5]. The summed E-state index contributed by atoms with van der Waals surface area (Å²) in [5, 5.41) is 0. The molecule has 0 bridgehead atoms. The van der Waals surface area contributed by atoms with Gasteiger partial charge in [-0.25, -0.2) is 0 Å². The summed E-state index contributed by atoms with van der Waals surface area (Å²) in [5.74, 6) is 0. The number of rotatable bonds is 0. The van der Waals surface area contributed by atoms with Crippen LogP contribution in [0.3, 0.4) is 0 Å². The Kier molecular flexibility index (Phi) is 4600. The van der Waals surface area contributed by atoms with Crippen LogP contribution in [0.4, 0.5) is 0 Å². The summed E-state index contributed by atoms with van der Waals surface area (Å²) >= 11 is 0. The summed E-state index contributed by atoms with van der Waals surface area (Å²) in [5.41, 5.74) is 0. The van der Waals surface area contributed by atoms with Gasteiger partial charge in [0, 0.05) is 91.3 Å². The molecule has 0 amide bonds. The first-order valence-corrected chi connectivity index (χ1v) is 0. The fourth-order valence-corrected chi connectivity index (χ4v) is 0. The molecule has 76 valence electrons. The Morgan fingerprint density at radius 1 is 0.286 bits per heavy atom. The van der Waals surface area contributed by atoms with Crippen LogP contribution in [0.15, 0.2) is 0 Å². The maximum absolute atomic E-state index is 0. The van der Waals surface area contributed by atoms with E-state index in [-0.39, 0.29) is 189 Å². The molecule has 0 spiro atoms. The van der Waals surface area contributed by atoms with E-state index in [2.05, 4.69) is 0 Å². The molecule has 0 aliphatic carbocycles. The van der Waals surface area contributed by atoms with E-state index in [1.54, 1.807) is 0 Å². The standard InChI is InChI=1S/5N.3Ru.3Si.3Ta/q5*-3;;;;;;;3*+5. The van der Waals surface area contributed by atoms with E-state index in [1.165, 1.54) is 0 Å². The molecule has 14 heavy (non-hydrogen) atoms. The minimum atomic E-state index is 0. The van der Waals surface area contributed by atoms with E-state index in [9.17, 15) is 0 Å². The topological polar surface area (TPSA) is 152 Å². The summed E-state index contributed by atoms with van der Waals surface area (Å²) in [4.78, 5) is 0. The number of nitrogens with zero attached hydrogens (tertiary/aromatic N) is 5. The predicted octanol–water partition coefficient (Wildman–Crippen LogP) is 0.286. The van der Waals surface area contributed by atoms with Gasteiger partial charge in [0.1, 0.15) is 0 Å². The van der Waals surface area contributed by atoms with Crippen molar-refractivity contribution in [2.45, 2.75) is 0 Å². The maximum Gasteiger partial charge on any atom is 5.00 e. The molecule has 0 saturated carbocycles. The minimum Gasteiger partial charge on any atom is -3.00 e. The van der Waals surface area contributed by atoms with Crippen LogP contribution >= 0.6 is 0 Å². The van der Waals surface area contributed by atoms with E-state index >= 15 is 0 Å². The normalized spacial score (nSPS) is 0. The van der Waals surface area contributed by atoms with Crippen molar-refractivity contribution in [2.75, 3.05) is 0 Å². The zero-order valence-electron chi connectivity index (χ0n) is 6.14. The molecule has 0 N–H and O–H groups in total. The van der Waals surface area contributed by atoms with Crippen molar-refractivity contribution in [3.63, 3.8) is 0 Å². The molecular weight excluding hydrogens is 1000 g/mol. The third-order valence-electron chi connectivity index (χ3n) is 0. The molecule has 0 aliphatic heterocycles. The Bertz CT molecular complexity index is 27.4. The van der Waals surface area contributed by atoms with Crippen LogP contribution in [0, 0.1) is 0 Å². The fraction of sp³-hybridized carbons (Fsp3) is 0. The van der Waals surface area contributed by atoms with Crippen LogP contribution < -0.4 is 0 Å². The molecule has 14 heteroatoms. The van der Waals surface area contributed by atoms with Crippen molar-refractivity contribution in [3.8, 4) is 0 Å². The van der Waals surface area contributed by atoms with Crippen LogP contribution in [-0.2, 0) is 126 Å². The van der Waals surface area contributed by atoms with Crippen LogP contribution in [0.1, 0.15) is 0 Å². The zero-order chi connectivity index (χ0) is 0. The fourth-order valence-electron chi connectivity index (χ4n) is 0. The van der Waals surface area contributed by atoms with Gasteiger partial charge in [0.15, 0.2) is 0 Å². The van der Waals surface area contributed by atoms with Gasteiger partial charge in [-0.15, -0.1) is 0 Å². The number of hydrogen-bond acceptors (Lipinski definition) is 0. The molecule has 0 rings (SSSR count). The van der Waals surface area contributed by atoms with Crippen molar-refractivity contribution in [1.82, 2.24) is 0 Å². The smallest absolute Gasteiger partial charge is 3.00 e. The second kappa shape index (κ2) is 233. The average Bonchev–Trinajstić information content (AvgIpc) is 0. The van der Waals surface area contributed by atoms with E-state index in [0.29, 0.717) is 0 Å². The van der Waals surface area contributed by atoms with Crippen molar-refractivity contribution in [1.29, 1.82) is 0 Å². The number of hydrogen-bond donors (Lipinski definition) is 0. The summed E-state index contributed by atoms with van der Waals surface area (Å²) < 4.78 is 0. The Hall–Kier alpha value is 4.54. The minimum absolute atomic E-state index is 0. The first-order valence-electron chi connectivity index (χ1n) is 0. The van der Waals surface area contributed by atoms with Gasteiger partial charge in [-0.1, -0.05) is 0 Å². The molecule has 0 aromatic rings. The summed E-state index contributed by atoms with van der Waals surface area (Å²) in [6.07, 6.45) is 0. The molecule has 12 radical (unpaired) electrons. The van der Waals surface area contributed by atoms with Crippen molar-refractivity contribution >= 4 is 32.9 Å². The molecule has 0 aromatic carbocycles. The summed E-state index contributed by atoms with van der Waals surface area (Å²) in [6, 6.07) is 0. The van der Waals surface area contributed by atoms with Crippen LogP contribution in [0.25, 0.3) is 30.8 Å². The quantitative estimate of drug-likeness (QED) is 0.307. The Labute approximate surface area is 186 Å². The van der Waals surface area contributed by atoms with Gasteiger partial charge < -0.3 is 30.8 Å². The average molecular weight is 1000 g/mol. The van der Waals surface area contributed by atoms with E-state index in [4.69, 9.17) is 0 Å². The summed E-state index contributed by atoms with van der Waals surface area (Å²) in [7, 11) is 0. The molecule has 0 fully saturated rings. The molecule has 0 atom stereocenters. The van der Waals surface area contributed by atoms with Crippen LogP contribution in [0.2, 0.25) is 0 Å². The molecule has 0 unspecified atom stereocenters. The second-order valence-electron chi connectivity index (χ2n) is 0. The third-order valence-corrected chi connectivity index (χ3v) is 0. The monoisotopic (exact) mass is 1000 g/mol. The Morgan fingerprint density at radius 3 is 0.286 bits per heavy atom. The van der Waals surface area contributed by atoms with Gasteiger partial charge in [-0.3, -0.25) is 0 Å². The maximum atomic E-state index is 0. The largest absolute Gasteiger partial charge is 5.00 e. The van der Waals surface area contributed by atoms with Gasteiger partial charge >= 0.3 is 67.1 Å². The molecule has 0 saturated heterocycles. The van der Waals surface area contributed by atoms with Gasteiger partial charge in [0.05, 0.1) is 0 Å². The second-order valence-corrected chi connectivity index (χ2v) is 0. The Morgan fingerprint density at radius 2 is 0.286 bits per heavy atom.